The van der Waals surface area contributed by atoms with Gasteiger partial charge in [0, 0.05) is 36.8 Å². The molecule has 0 unspecified atom stereocenters. The Hall–Kier alpha value is -2.89. The van der Waals surface area contributed by atoms with E-state index >= 15 is 0 Å². The Morgan fingerprint density at radius 1 is 1.12 bits per heavy atom. The average Bonchev–Trinajstić information content (AvgIpc) is 2.97. The third-order valence-corrected chi connectivity index (χ3v) is 3.93. The number of amides is 3. The van der Waals surface area contributed by atoms with Crippen LogP contribution < -0.4 is 15.5 Å². The first-order valence-electron chi connectivity index (χ1n) is 7.77. The SMILES string of the molecule is O=C(NC[C@H]1CC(=O)N(c2ccccc2)C1)Nc1ccc(F)cc1. The Kier molecular flexibility index (Phi) is 4.74. The molecule has 3 rings (SSSR count). The maximum atomic E-state index is 12.8. The second kappa shape index (κ2) is 7.12. The van der Waals surface area contributed by atoms with Crippen LogP contribution in [0.2, 0.25) is 0 Å². The third kappa shape index (κ3) is 3.90. The quantitative estimate of drug-likeness (QED) is 0.907. The van der Waals surface area contributed by atoms with Gasteiger partial charge in [-0.1, -0.05) is 18.2 Å². The molecule has 1 fully saturated rings. The standard InChI is InChI=1S/C18H18FN3O2/c19-14-6-8-15(9-7-14)21-18(24)20-11-13-10-17(23)22(12-13)16-4-2-1-3-5-16/h1-9,13H,10-12H2,(H2,20,21,24)/t13-/m1/s1. The van der Waals surface area contributed by atoms with Crippen LogP contribution in [0.4, 0.5) is 20.6 Å². The Bertz CT molecular complexity index is 719. The highest BCUT2D eigenvalue weighted by molar-refractivity contribution is 5.96. The van der Waals surface area contributed by atoms with Gasteiger partial charge in [-0.15, -0.1) is 0 Å². The zero-order valence-electron chi connectivity index (χ0n) is 13.0. The van der Waals surface area contributed by atoms with Gasteiger partial charge < -0.3 is 15.5 Å². The molecule has 1 aliphatic rings. The second-order valence-corrected chi connectivity index (χ2v) is 5.75. The van der Waals surface area contributed by atoms with Crippen molar-refractivity contribution in [2.75, 3.05) is 23.3 Å². The maximum absolute atomic E-state index is 12.8. The van der Waals surface area contributed by atoms with Crippen LogP contribution in [0.15, 0.2) is 54.6 Å². The van der Waals surface area contributed by atoms with E-state index in [1.54, 1.807) is 4.90 Å². The Labute approximate surface area is 139 Å². The molecule has 2 aromatic rings. The van der Waals surface area contributed by atoms with E-state index in [4.69, 9.17) is 0 Å². The summed E-state index contributed by atoms with van der Waals surface area (Å²) < 4.78 is 12.8. The Morgan fingerprint density at radius 2 is 1.83 bits per heavy atom. The molecule has 1 saturated heterocycles. The predicted molar refractivity (Wildman–Crippen MR) is 90.3 cm³/mol. The lowest BCUT2D eigenvalue weighted by atomic mass is 10.1. The highest BCUT2D eigenvalue weighted by Gasteiger charge is 2.30. The van der Waals surface area contributed by atoms with Crippen LogP contribution in [0.3, 0.4) is 0 Å². The summed E-state index contributed by atoms with van der Waals surface area (Å²) in [6.45, 7) is 0.988. The summed E-state index contributed by atoms with van der Waals surface area (Å²) in [4.78, 5) is 25.7. The van der Waals surface area contributed by atoms with Crippen LogP contribution >= 0.6 is 0 Å². The van der Waals surface area contributed by atoms with Crippen LogP contribution in [-0.4, -0.2) is 25.0 Å². The van der Waals surface area contributed by atoms with Gasteiger partial charge in [-0.05, 0) is 36.4 Å². The average molecular weight is 327 g/mol. The molecule has 0 bridgehead atoms. The van der Waals surface area contributed by atoms with Gasteiger partial charge in [0.1, 0.15) is 5.82 Å². The van der Waals surface area contributed by atoms with E-state index in [9.17, 15) is 14.0 Å². The van der Waals surface area contributed by atoms with Crippen LogP contribution in [0.5, 0.6) is 0 Å². The predicted octanol–water partition coefficient (Wildman–Crippen LogP) is 3.00. The molecule has 1 aliphatic heterocycles. The van der Waals surface area contributed by atoms with Crippen molar-refractivity contribution in [2.24, 2.45) is 5.92 Å². The molecule has 124 valence electrons. The van der Waals surface area contributed by atoms with Crippen molar-refractivity contribution in [3.8, 4) is 0 Å². The fourth-order valence-corrected chi connectivity index (χ4v) is 2.72. The number of urea groups is 1. The number of carbonyl (C=O) groups is 2. The molecule has 0 aromatic heterocycles. The van der Waals surface area contributed by atoms with E-state index in [0.717, 1.165) is 5.69 Å². The molecule has 1 atom stereocenters. The minimum atomic E-state index is -0.368. The highest BCUT2D eigenvalue weighted by atomic mass is 19.1. The summed E-state index contributed by atoms with van der Waals surface area (Å²) in [5.41, 5.74) is 1.39. The lowest BCUT2D eigenvalue weighted by Gasteiger charge is -2.17. The first kappa shape index (κ1) is 16.0. The molecular formula is C18H18FN3O2. The number of halogens is 1. The summed E-state index contributed by atoms with van der Waals surface area (Å²) in [5, 5.41) is 5.39. The van der Waals surface area contributed by atoms with Gasteiger partial charge in [0.2, 0.25) is 5.91 Å². The Balaban J connectivity index is 1.49. The summed E-state index contributed by atoms with van der Waals surface area (Å²) in [5.74, 6) is -0.227. The Morgan fingerprint density at radius 3 is 2.54 bits per heavy atom. The molecule has 0 spiro atoms. The normalized spacial score (nSPS) is 17.0. The van der Waals surface area contributed by atoms with Gasteiger partial charge in [-0.3, -0.25) is 4.79 Å². The van der Waals surface area contributed by atoms with E-state index in [1.165, 1.54) is 24.3 Å². The number of hydrogen-bond acceptors (Lipinski definition) is 2. The zero-order valence-corrected chi connectivity index (χ0v) is 13.0. The number of nitrogens with zero attached hydrogens (tertiary/aromatic N) is 1. The van der Waals surface area contributed by atoms with E-state index in [0.29, 0.717) is 25.2 Å². The fourth-order valence-electron chi connectivity index (χ4n) is 2.72. The van der Waals surface area contributed by atoms with Crippen molar-refractivity contribution in [3.05, 3.63) is 60.4 Å². The molecule has 1 heterocycles. The van der Waals surface area contributed by atoms with Crippen molar-refractivity contribution in [1.29, 1.82) is 0 Å². The van der Waals surface area contributed by atoms with E-state index in [-0.39, 0.29) is 23.7 Å². The largest absolute Gasteiger partial charge is 0.338 e. The van der Waals surface area contributed by atoms with Gasteiger partial charge in [0.15, 0.2) is 0 Å². The topological polar surface area (TPSA) is 61.4 Å². The smallest absolute Gasteiger partial charge is 0.319 e. The molecule has 24 heavy (non-hydrogen) atoms. The molecule has 5 nitrogen and oxygen atoms in total. The van der Waals surface area contributed by atoms with Crippen LogP contribution in [0.25, 0.3) is 0 Å². The van der Waals surface area contributed by atoms with Crippen molar-refractivity contribution in [2.45, 2.75) is 6.42 Å². The van der Waals surface area contributed by atoms with Crippen LogP contribution in [0.1, 0.15) is 6.42 Å². The number of anilines is 2. The number of carbonyl (C=O) groups excluding carboxylic acids is 2. The number of benzene rings is 2. The van der Waals surface area contributed by atoms with Gasteiger partial charge in [0.25, 0.3) is 0 Å². The van der Waals surface area contributed by atoms with Crippen molar-refractivity contribution >= 4 is 23.3 Å². The van der Waals surface area contributed by atoms with Gasteiger partial charge in [-0.2, -0.15) is 0 Å². The number of rotatable bonds is 4. The molecule has 3 amide bonds. The number of nitrogens with one attached hydrogen (secondary N) is 2. The monoisotopic (exact) mass is 327 g/mol. The number of para-hydroxylation sites is 1. The molecule has 0 aliphatic carbocycles. The van der Waals surface area contributed by atoms with Gasteiger partial charge in [-0.25, -0.2) is 9.18 Å². The highest BCUT2D eigenvalue weighted by Crippen LogP contribution is 2.24. The third-order valence-electron chi connectivity index (χ3n) is 3.93. The summed E-state index contributed by atoms with van der Waals surface area (Å²) >= 11 is 0. The van der Waals surface area contributed by atoms with Crippen LogP contribution in [-0.2, 0) is 4.79 Å². The maximum Gasteiger partial charge on any atom is 0.319 e. The lowest BCUT2D eigenvalue weighted by molar-refractivity contribution is -0.117. The minimum absolute atomic E-state index is 0.0620. The molecule has 6 heteroatoms. The number of hydrogen-bond donors (Lipinski definition) is 2. The van der Waals surface area contributed by atoms with E-state index in [2.05, 4.69) is 10.6 Å². The first-order valence-corrected chi connectivity index (χ1v) is 7.77. The van der Waals surface area contributed by atoms with Crippen molar-refractivity contribution < 1.29 is 14.0 Å². The molecular weight excluding hydrogens is 309 g/mol. The molecule has 2 aromatic carbocycles. The second-order valence-electron chi connectivity index (χ2n) is 5.75. The fraction of sp³-hybridized carbons (Fsp3) is 0.222. The van der Waals surface area contributed by atoms with Crippen molar-refractivity contribution in [3.63, 3.8) is 0 Å². The van der Waals surface area contributed by atoms with Crippen molar-refractivity contribution in [1.82, 2.24) is 5.32 Å². The summed E-state index contributed by atoms with van der Waals surface area (Å²) in [7, 11) is 0. The van der Waals surface area contributed by atoms with Gasteiger partial charge >= 0.3 is 6.03 Å². The zero-order chi connectivity index (χ0) is 16.9. The molecule has 2 N–H and O–H groups in total. The molecule has 0 radical (unpaired) electrons. The lowest BCUT2D eigenvalue weighted by Crippen LogP contribution is -2.34. The van der Waals surface area contributed by atoms with E-state index in [1.807, 2.05) is 30.3 Å². The summed E-state index contributed by atoms with van der Waals surface area (Å²) in [6.07, 6.45) is 0.408. The van der Waals surface area contributed by atoms with Crippen LogP contribution in [0, 0.1) is 11.7 Å². The van der Waals surface area contributed by atoms with Gasteiger partial charge in [0.05, 0.1) is 0 Å². The van der Waals surface area contributed by atoms with E-state index < -0.39 is 0 Å². The minimum Gasteiger partial charge on any atom is -0.338 e. The molecule has 0 saturated carbocycles. The summed E-state index contributed by atoms with van der Waals surface area (Å²) in [6, 6.07) is 14.7. The first-order chi connectivity index (χ1) is 11.6.